The number of aromatic nitrogens is 5. The van der Waals surface area contributed by atoms with E-state index < -0.39 is 0 Å². The smallest absolute Gasteiger partial charge is 0.251 e. The number of hydrogen-bond acceptors (Lipinski definition) is 5. The summed E-state index contributed by atoms with van der Waals surface area (Å²) in [7, 11) is 3.78. The topological polar surface area (TPSA) is 97.9 Å². The Balaban J connectivity index is 1.39. The van der Waals surface area contributed by atoms with E-state index in [0.29, 0.717) is 11.4 Å². The fourth-order valence-corrected chi connectivity index (χ4v) is 3.36. The van der Waals surface area contributed by atoms with Crippen molar-refractivity contribution in [2.75, 3.05) is 0 Å². The zero-order valence-corrected chi connectivity index (χ0v) is 14.2. The lowest BCUT2D eigenvalue weighted by Crippen LogP contribution is -2.44. The molecule has 8 nitrogen and oxygen atoms in total. The normalized spacial score (nSPS) is 19.8. The van der Waals surface area contributed by atoms with Gasteiger partial charge in [0.2, 0.25) is 0 Å². The summed E-state index contributed by atoms with van der Waals surface area (Å²) in [5, 5.41) is 20.4. The van der Waals surface area contributed by atoms with Crippen molar-refractivity contribution in [1.29, 1.82) is 0 Å². The molecule has 1 aliphatic rings. The summed E-state index contributed by atoms with van der Waals surface area (Å²) in [6, 6.07) is 5.69. The van der Waals surface area contributed by atoms with Gasteiger partial charge in [-0.25, -0.2) is 4.98 Å². The third kappa shape index (κ3) is 2.68. The summed E-state index contributed by atoms with van der Waals surface area (Å²) in [6.45, 7) is -0.119. The van der Waals surface area contributed by atoms with E-state index >= 15 is 0 Å². The SMILES string of the molecule is Cn1c(CO)nnc1C1CC(NC(=O)c2ccc3c(c2)ncn3C)C1. The van der Waals surface area contributed by atoms with E-state index in [2.05, 4.69) is 20.5 Å². The molecule has 1 amide bonds. The van der Waals surface area contributed by atoms with Gasteiger partial charge in [-0.1, -0.05) is 0 Å². The van der Waals surface area contributed by atoms with Gasteiger partial charge in [0.25, 0.3) is 5.91 Å². The monoisotopic (exact) mass is 340 g/mol. The first kappa shape index (κ1) is 15.8. The lowest BCUT2D eigenvalue weighted by molar-refractivity contribution is 0.0907. The van der Waals surface area contributed by atoms with Crippen molar-refractivity contribution in [2.45, 2.75) is 31.4 Å². The maximum atomic E-state index is 12.4. The number of amides is 1. The first-order valence-corrected chi connectivity index (χ1v) is 8.27. The molecule has 1 aliphatic carbocycles. The molecule has 0 aliphatic heterocycles. The molecule has 2 heterocycles. The lowest BCUT2D eigenvalue weighted by Gasteiger charge is -2.35. The van der Waals surface area contributed by atoms with Crippen LogP contribution in [0.4, 0.5) is 0 Å². The first-order chi connectivity index (χ1) is 12.1. The Hall–Kier alpha value is -2.74. The van der Waals surface area contributed by atoms with Crippen molar-refractivity contribution < 1.29 is 9.90 Å². The van der Waals surface area contributed by atoms with Gasteiger partial charge in [0, 0.05) is 31.6 Å². The standard InChI is InChI=1S/C17H20N6O2/c1-22-9-18-13-7-10(3-4-14(13)22)17(25)19-12-5-11(6-12)16-21-20-15(8-24)23(16)2/h3-4,7,9,11-12,24H,5-6,8H2,1-2H3,(H,19,25). The summed E-state index contributed by atoms with van der Waals surface area (Å²) >= 11 is 0. The maximum absolute atomic E-state index is 12.4. The molecule has 3 aromatic rings. The fourth-order valence-electron chi connectivity index (χ4n) is 3.36. The van der Waals surface area contributed by atoms with Crippen LogP contribution in [0.5, 0.6) is 0 Å². The highest BCUT2D eigenvalue weighted by molar-refractivity contribution is 5.97. The van der Waals surface area contributed by atoms with Gasteiger partial charge in [-0.15, -0.1) is 10.2 Å². The van der Waals surface area contributed by atoms with Crippen LogP contribution < -0.4 is 5.32 Å². The third-order valence-corrected chi connectivity index (χ3v) is 4.97. The second kappa shape index (κ2) is 5.96. The molecule has 130 valence electrons. The number of fused-ring (bicyclic) bond motifs is 1. The Morgan fingerprint density at radius 2 is 2.12 bits per heavy atom. The number of hydrogen-bond donors (Lipinski definition) is 2. The summed E-state index contributed by atoms with van der Waals surface area (Å²) in [5.74, 6) is 1.61. The average Bonchev–Trinajstić information content (AvgIpc) is 3.13. The number of imidazole rings is 1. The summed E-state index contributed by atoms with van der Waals surface area (Å²) in [4.78, 5) is 16.7. The second-order valence-electron chi connectivity index (χ2n) is 6.59. The van der Waals surface area contributed by atoms with Crippen LogP contribution in [0.3, 0.4) is 0 Å². The quantitative estimate of drug-likeness (QED) is 0.734. The number of carbonyl (C=O) groups is 1. The molecule has 0 saturated heterocycles. The molecule has 2 N–H and O–H groups in total. The minimum absolute atomic E-state index is 0.0787. The highest BCUT2D eigenvalue weighted by atomic mass is 16.3. The number of aliphatic hydroxyl groups is 1. The Labute approximate surface area is 144 Å². The van der Waals surface area contributed by atoms with Gasteiger partial charge < -0.3 is 19.6 Å². The van der Waals surface area contributed by atoms with Crippen LogP contribution in [0, 0.1) is 0 Å². The zero-order valence-electron chi connectivity index (χ0n) is 14.2. The molecular formula is C17H20N6O2. The Kier molecular flexibility index (Phi) is 3.76. The van der Waals surface area contributed by atoms with E-state index in [1.54, 1.807) is 6.33 Å². The van der Waals surface area contributed by atoms with E-state index in [1.165, 1.54) is 0 Å². The molecule has 25 heavy (non-hydrogen) atoms. The molecular weight excluding hydrogens is 320 g/mol. The minimum Gasteiger partial charge on any atom is -0.388 e. The highest BCUT2D eigenvalue weighted by Gasteiger charge is 2.35. The molecule has 2 aromatic heterocycles. The molecule has 1 aromatic carbocycles. The summed E-state index contributed by atoms with van der Waals surface area (Å²) in [6.07, 6.45) is 3.40. The van der Waals surface area contributed by atoms with Crippen LogP contribution in [0.2, 0.25) is 0 Å². The lowest BCUT2D eigenvalue weighted by atomic mass is 9.79. The van der Waals surface area contributed by atoms with Crippen LogP contribution in [0.25, 0.3) is 11.0 Å². The average molecular weight is 340 g/mol. The number of aliphatic hydroxyl groups excluding tert-OH is 1. The largest absolute Gasteiger partial charge is 0.388 e. The van der Waals surface area contributed by atoms with Crippen molar-refractivity contribution in [3.8, 4) is 0 Å². The molecule has 0 atom stereocenters. The van der Waals surface area contributed by atoms with Crippen LogP contribution in [-0.2, 0) is 20.7 Å². The predicted octanol–water partition coefficient (Wildman–Crippen LogP) is 0.870. The van der Waals surface area contributed by atoms with Crippen LogP contribution in [0.1, 0.15) is 40.8 Å². The number of nitrogens with one attached hydrogen (secondary N) is 1. The Morgan fingerprint density at radius 1 is 1.32 bits per heavy atom. The highest BCUT2D eigenvalue weighted by Crippen LogP contribution is 2.36. The second-order valence-corrected chi connectivity index (χ2v) is 6.59. The molecule has 1 saturated carbocycles. The van der Waals surface area contributed by atoms with Crippen molar-refractivity contribution in [3.63, 3.8) is 0 Å². The molecule has 0 bridgehead atoms. The van der Waals surface area contributed by atoms with Crippen molar-refractivity contribution >= 4 is 16.9 Å². The van der Waals surface area contributed by atoms with E-state index in [1.807, 2.05) is 41.4 Å². The summed E-state index contributed by atoms with van der Waals surface area (Å²) < 4.78 is 3.76. The van der Waals surface area contributed by atoms with Crippen LogP contribution in [0.15, 0.2) is 24.5 Å². The van der Waals surface area contributed by atoms with Gasteiger partial charge in [-0.05, 0) is 31.0 Å². The van der Waals surface area contributed by atoms with E-state index in [0.717, 1.165) is 29.7 Å². The number of nitrogens with zero attached hydrogens (tertiary/aromatic N) is 5. The van der Waals surface area contributed by atoms with Gasteiger partial charge in [0.1, 0.15) is 12.4 Å². The van der Waals surface area contributed by atoms with E-state index in [4.69, 9.17) is 0 Å². The van der Waals surface area contributed by atoms with Crippen LogP contribution in [-0.4, -0.2) is 41.4 Å². The van der Waals surface area contributed by atoms with Crippen molar-refractivity contribution in [2.24, 2.45) is 14.1 Å². The molecule has 0 radical (unpaired) electrons. The number of benzene rings is 1. The van der Waals surface area contributed by atoms with Crippen LogP contribution >= 0.6 is 0 Å². The van der Waals surface area contributed by atoms with E-state index in [-0.39, 0.29) is 24.5 Å². The van der Waals surface area contributed by atoms with Gasteiger partial charge in [0.15, 0.2) is 5.82 Å². The molecule has 1 fully saturated rings. The third-order valence-electron chi connectivity index (χ3n) is 4.97. The Morgan fingerprint density at radius 3 is 2.84 bits per heavy atom. The van der Waals surface area contributed by atoms with Gasteiger partial charge in [-0.3, -0.25) is 4.79 Å². The molecule has 0 unspecified atom stereocenters. The predicted molar refractivity (Wildman–Crippen MR) is 90.9 cm³/mol. The minimum atomic E-state index is -0.119. The fraction of sp³-hybridized carbons (Fsp3) is 0.412. The Bertz CT molecular complexity index is 938. The first-order valence-electron chi connectivity index (χ1n) is 8.27. The van der Waals surface area contributed by atoms with Gasteiger partial charge >= 0.3 is 0 Å². The molecule has 4 rings (SSSR count). The zero-order chi connectivity index (χ0) is 17.6. The number of rotatable bonds is 4. The van der Waals surface area contributed by atoms with Crippen molar-refractivity contribution in [3.05, 3.63) is 41.7 Å². The summed E-state index contributed by atoms with van der Waals surface area (Å²) in [5.41, 5.74) is 2.44. The number of carbonyl (C=O) groups excluding carboxylic acids is 1. The maximum Gasteiger partial charge on any atom is 0.251 e. The number of aryl methyl sites for hydroxylation is 1. The van der Waals surface area contributed by atoms with Gasteiger partial charge in [0.05, 0.1) is 17.4 Å². The molecule has 0 spiro atoms. The van der Waals surface area contributed by atoms with Crippen molar-refractivity contribution in [1.82, 2.24) is 29.6 Å². The van der Waals surface area contributed by atoms with Gasteiger partial charge in [-0.2, -0.15) is 0 Å². The van der Waals surface area contributed by atoms with E-state index in [9.17, 15) is 9.90 Å². The molecule has 8 heteroatoms.